The minimum Gasteiger partial charge on any atom is -0.495 e. The SMILES string of the molecule is COc1ccc(C)cc1NC(=O)c1cc(C)cc(C)n1. The molecule has 4 heteroatoms. The van der Waals surface area contributed by atoms with Crippen molar-refractivity contribution in [2.75, 3.05) is 12.4 Å². The largest absolute Gasteiger partial charge is 0.495 e. The van der Waals surface area contributed by atoms with Crippen LogP contribution in [0.3, 0.4) is 0 Å². The molecule has 0 bridgehead atoms. The van der Waals surface area contributed by atoms with E-state index in [1.54, 1.807) is 13.2 Å². The molecule has 1 amide bonds. The van der Waals surface area contributed by atoms with Gasteiger partial charge in [-0.15, -0.1) is 0 Å². The molecule has 0 radical (unpaired) electrons. The van der Waals surface area contributed by atoms with Gasteiger partial charge >= 0.3 is 0 Å². The van der Waals surface area contributed by atoms with Crippen LogP contribution in [0, 0.1) is 20.8 Å². The van der Waals surface area contributed by atoms with Gasteiger partial charge in [-0.2, -0.15) is 0 Å². The van der Waals surface area contributed by atoms with Crippen molar-refractivity contribution in [3.63, 3.8) is 0 Å². The van der Waals surface area contributed by atoms with Crippen LogP contribution in [-0.4, -0.2) is 18.0 Å². The van der Waals surface area contributed by atoms with Gasteiger partial charge < -0.3 is 10.1 Å². The monoisotopic (exact) mass is 270 g/mol. The van der Waals surface area contributed by atoms with Crippen LogP contribution in [0.15, 0.2) is 30.3 Å². The van der Waals surface area contributed by atoms with Crippen LogP contribution >= 0.6 is 0 Å². The van der Waals surface area contributed by atoms with Gasteiger partial charge in [-0.25, -0.2) is 4.98 Å². The van der Waals surface area contributed by atoms with E-state index in [0.717, 1.165) is 16.8 Å². The fourth-order valence-corrected chi connectivity index (χ4v) is 2.06. The van der Waals surface area contributed by atoms with Crippen molar-refractivity contribution in [2.24, 2.45) is 0 Å². The summed E-state index contributed by atoms with van der Waals surface area (Å²) in [5.74, 6) is 0.397. The molecule has 2 aromatic rings. The zero-order valence-corrected chi connectivity index (χ0v) is 12.2. The fourth-order valence-electron chi connectivity index (χ4n) is 2.06. The molecule has 20 heavy (non-hydrogen) atoms. The first-order valence-corrected chi connectivity index (χ1v) is 6.41. The van der Waals surface area contributed by atoms with Gasteiger partial charge in [-0.3, -0.25) is 4.79 Å². The normalized spacial score (nSPS) is 10.2. The number of aromatic nitrogens is 1. The molecule has 1 N–H and O–H groups in total. The zero-order chi connectivity index (χ0) is 14.7. The van der Waals surface area contributed by atoms with Gasteiger partial charge in [0.25, 0.3) is 5.91 Å². The number of nitrogens with zero attached hydrogens (tertiary/aromatic N) is 1. The number of nitrogens with one attached hydrogen (secondary N) is 1. The lowest BCUT2D eigenvalue weighted by Gasteiger charge is -2.11. The molecule has 104 valence electrons. The van der Waals surface area contributed by atoms with Crippen LogP contribution < -0.4 is 10.1 Å². The lowest BCUT2D eigenvalue weighted by molar-refractivity contribution is 0.102. The van der Waals surface area contributed by atoms with Crippen molar-refractivity contribution in [1.82, 2.24) is 4.98 Å². The Bertz CT molecular complexity index is 631. The number of hydrogen-bond donors (Lipinski definition) is 1. The number of aryl methyl sites for hydroxylation is 3. The molecule has 0 atom stereocenters. The molecule has 0 aliphatic heterocycles. The molecular formula is C16H18N2O2. The second kappa shape index (κ2) is 5.74. The first-order chi connectivity index (χ1) is 9.49. The minimum absolute atomic E-state index is 0.235. The predicted molar refractivity (Wildman–Crippen MR) is 79.4 cm³/mol. The van der Waals surface area contributed by atoms with Gasteiger partial charge in [0.15, 0.2) is 0 Å². The van der Waals surface area contributed by atoms with E-state index in [-0.39, 0.29) is 5.91 Å². The molecule has 0 spiro atoms. The maximum atomic E-state index is 12.3. The van der Waals surface area contributed by atoms with E-state index in [1.165, 1.54) is 0 Å². The van der Waals surface area contributed by atoms with Crippen molar-refractivity contribution >= 4 is 11.6 Å². The highest BCUT2D eigenvalue weighted by molar-refractivity contribution is 6.03. The quantitative estimate of drug-likeness (QED) is 0.931. The third-order valence-corrected chi connectivity index (χ3v) is 2.93. The number of ether oxygens (including phenoxy) is 1. The van der Waals surface area contributed by atoms with Crippen molar-refractivity contribution < 1.29 is 9.53 Å². The number of benzene rings is 1. The number of rotatable bonds is 3. The molecule has 0 fully saturated rings. The van der Waals surface area contributed by atoms with Gasteiger partial charge in [0.05, 0.1) is 12.8 Å². The molecule has 0 unspecified atom stereocenters. The van der Waals surface area contributed by atoms with Crippen LogP contribution in [0.5, 0.6) is 5.75 Å². The van der Waals surface area contributed by atoms with Crippen molar-refractivity contribution in [1.29, 1.82) is 0 Å². The highest BCUT2D eigenvalue weighted by atomic mass is 16.5. The van der Waals surface area contributed by atoms with Gasteiger partial charge in [0.2, 0.25) is 0 Å². The summed E-state index contributed by atoms with van der Waals surface area (Å²) in [6.45, 7) is 5.78. The molecule has 4 nitrogen and oxygen atoms in total. The minimum atomic E-state index is -0.235. The summed E-state index contributed by atoms with van der Waals surface area (Å²) < 4.78 is 5.25. The van der Waals surface area contributed by atoms with E-state index in [9.17, 15) is 4.79 Å². The van der Waals surface area contributed by atoms with Crippen LogP contribution in [0.25, 0.3) is 0 Å². The summed E-state index contributed by atoms with van der Waals surface area (Å²) in [6, 6.07) is 9.34. The molecule has 0 aliphatic rings. The van der Waals surface area contributed by atoms with Crippen molar-refractivity contribution in [3.8, 4) is 5.75 Å². The topological polar surface area (TPSA) is 51.2 Å². The number of amides is 1. The molecule has 0 saturated heterocycles. The Balaban J connectivity index is 2.29. The lowest BCUT2D eigenvalue weighted by atomic mass is 10.2. The molecule has 1 heterocycles. The van der Waals surface area contributed by atoms with E-state index in [1.807, 2.05) is 45.0 Å². The Kier molecular flexibility index (Phi) is 4.03. The van der Waals surface area contributed by atoms with Crippen LogP contribution in [-0.2, 0) is 0 Å². The summed E-state index contributed by atoms with van der Waals surface area (Å²) in [5, 5.41) is 2.85. The number of pyridine rings is 1. The summed E-state index contributed by atoms with van der Waals surface area (Å²) >= 11 is 0. The zero-order valence-electron chi connectivity index (χ0n) is 12.2. The molecule has 2 rings (SSSR count). The third-order valence-electron chi connectivity index (χ3n) is 2.93. The first-order valence-electron chi connectivity index (χ1n) is 6.41. The van der Waals surface area contributed by atoms with Gasteiger partial charge in [0, 0.05) is 5.69 Å². The Morgan fingerprint density at radius 2 is 1.85 bits per heavy atom. The first kappa shape index (κ1) is 14.1. The van der Waals surface area contributed by atoms with Crippen molar-refractivity contribution in [3.05, 3.63) is 52.8 Å². The van der Waals surface area contributed by atoms with E-state index in [0.29, 0.717) is 17.1 Å². The number of carbonyl (C=O) groups excluding carboxylic acids is 1. The van der Waals surface area contributed by atoms with E-state index < -0.39 is 0 Å². The smallest absolute Gasteiger partial charge is 0.274 e. The van der Waals surface area contributed by atoms with Crippen LogP contribution in [0.1, 0.15) is 27.3 Å². The van der Waals surface area contributed by atoms with Crippen LogP contribution in [0.2, 0.25) is 0 Å². The number of carbonyl (C=O) groups is 1. The standard InChI is InChI=1S/C16H18N2O2/c1-10-5-6-15(20-4)13(8-10)18-16(19)14-9-11(2)7-12(3)17-14/h5-9H,1-4H3,(H,18,19). The number of hydrogen-bond acceptors (Lipinski definition) is 3. The predicted octanol–water partition coefficient (Wildman–Crippen LogP) is 3.27. The van der Waals surface area contributed by atoms with Gasteiger partial charge in [-0.1, -0.05) is 6.07 Å². The molecule has 0 saturated carbocycles. The van der Waals surface area contributed by atoms with Crippen molar-refractivity contribution in [2.45, 2.75) is 20.8 Å². The lowest BCUT2D eigenvalue weighted by Crippen LogP contribution is -2.15. The number of anilines is 1. The summed E-state index contributed by atoms with van der Waals surface area (Å²) in [4.78, 5) is 16.5. The average molecular weight is 270 g/mol. The Labute approximate surface area is 118 Å². The summed E-state index contributed by atoms with van der Waals surface area (Å²) in [6.07, 6.45) is 0. The second-order valence-corrected chi connectivity index (χ2v) is 4.83. The Morgan fingerprint density at radius 1 is 1.10 bits per heavy atom. The summed E-state index contributed by atoms with van der Waals surface area (Å²) in [7, 11) is 1.58. The van der Waals surface area contributed by atoms with E-state index in [2.05, 4.69) is 10.3 Å². The number of methoxy groups -OCH3 is 1. The van der Waals surface area contributed by atoms with Gasteiger partial charge in [-0.05, 0) is 56.2 Å². The Morgan fingerprint density at radius 3 is 2.50 bits per heavy atom. The second-order valence-electron chi connectivity index (χ2n) is 4.83. The molecule has 0 aliphatic carbocycles. The van der Waals surface area contributed by atoms with Gasteiger partial charge in [0.1, 0.15) is 11.4 Å². The maximum absolute atomic E-state index is 12.3. The highest BCUT2D eigenvalue weighted by Crippen LogP contribution is 2.25. The fraction of sp³-hybridized carbons (Fsp3) is 0.250. The molecule has 1 aromatic carbocycles. The summed E-state index contributed by atoms with van der Waals surface area (Å²) in [5.41, 5.74) is 3.95. The molecular weight excluding hydrogens is 252 g/mol. The van der Waals surface area contributed by atoms with Crippen LogP contribution in [0.4, 0.5) is 5.69 Å². The Hall–Kier alpha value is -2.36. The highest BCUT2D eigenvalue weighted by Gasteiger charge is 2.12. The van der Waals surface area contributed by atoms with E-state index in [4.69, 9.17) is 4.74 Å². The average Bonchev–Trinajstić information content (AvgIpc) is 2.37. The van der Waals surface area contributed by atoms with E-state index >= 15 is 0 Å². The third kappa shape index (κ3) is 3.15. The molecule has 1 aromatic heterocycles. The maximum Gasteiger partial charge on any atom is 0.274 e.